The number of Topliss-reactive ketones (excluding diaryl/α,β-unsaturated/α-hetero) is 1. The Kier molecular flexibility index (Phi) is 4.71. The molecule has 1 aromatic heterocycles. The molecule has 1 amide bonds. The van der Waals surface area contributed by atoms with E-state index in [9.17, 15) is 9.59 Å². The van der Waals surface area contributed by atoms with Crippen LogP contribution in [0, 0.1) is 5.41 Å². The number of benzene rings is 3. The summed E-state index contributed by atoms with van der Waals surface area (Å²) in [4.78, 5) is 30.0. The summed E-state index contributed by atoms with van der Waals surface area (Å²) in [5, 5.41) is 3.82. The smallest absolute Gasteiger partial charge is 0.238 e. The van der Waals surface area contributed by atoms with E-state index in [0.29, 0.717) is 35.6 Å². The summed E-state index contributed by atoms with van der Waals surface area (Å²) in [6.07, 6.45) is 2.86. The molecule has 152 valence electrons. The van der Waals surface area contributed by atoms with Crippen LogP contribution in [0.4, 0.5) is 5.69 Å². The van der Waals surface area contributed by atoms with Crippen molar-refractivity contribution in [2.24, 2.45) is 5.41 Å². The van der Waals surface area contributed by atoms with Crippen LogP contribution in [0.5, 0.6) is 11.5 Å². The molecule has 5 heteroatoms. The normalized spacial score (nSPS) is 14.1. The number of ketones is 1. The fourth-order valence-electron chi connectivity index (χ4n) is 3.69. The van der Waals surface area contributed by atoms with Gasteiger partial charge in [-0.25, -0.2) is 0 Å². The largest absolute Gasteiger partial charge is 0.457 e. The maximum Gasteiger partial charge on any atom is 0.238 e. The van der Waals surface area contributed by atoms with Gasteiger partial charge in [0.05, 0.1) is 5.52 Å². The molecule has 1 aliphatic rings. The first kappa shape index (κ1) is 19.0. The second-order valence-electron chi connectivity index (χ2n) is 7.68. The number of rotatable bonds is 6. The van der Waals surface area contributed by atoms with E-state index < -0.39 is 5.41 Å². The average Bonchev–Trinajstić information content (AvgIpc) is 3.63. The highest BCUT2D eigenvalue weighted by Crippen LogP contribution is 2.49. The minimum atomic E-state index is -0.952. The van der Waals surface area contributed by atoms with Crippen molar-refractivity contribution >= 4 is 28.3 Å². The highest BCUT2D eigenvalue weighted by atomic mass is 16.5. The van der Waals surface area contributed by atoms with Crippen LogP contribution in [-0.4, -0.2) is 16.7 Å². The van der Waals surface area contributed by atoms with Crippen molar-refractivity contribution in [3.05, 3.63) is 96.7 Å². The van der Waals surface area contributed by atoms with Crippen molar-refractivity contribution in [1.82, 2.24) is 4.98 Å². The van der Waals surface area contributed by atoms with Gasteiger partial charge in [0.15, 0.2) is 5.78 Å². The molecule has 0 radical (unpaired) electrons. The molecule has 0 unspecified atom stereocenters. The fourth-order valence-corrected chi connectivity index (χ4v) is 3.69. The fraction of sp³-hybridized carbons (Fsp3) is 0.115. The van der Waals surface area contributed by atoms with Gasteiger partial charge >= 0.3 is 0 Å². The molecule has 0 saturated heterocycles. The third kappa shape index (κ3) is 3.66. The number of ether oxygens (including phenoxy) is 1. The first-order chi connectivity index (χ1) is 15.2. The molecule has 5 nitrogen and oxygen atoms in total. The van der Waals surface area contributed by atoms with E-state index >= 15 is 0 Å². The zero-order chi connectivity index (χ0) is 21.3. The van der Waals surface area contributed by atoms with Crippen molar-refractivity contribution in [1.29, 1.82) is 0 Å². The number of carbonyl (C=O) groups is 2. The van der Waals surface area contributed by atoms with Crippen LogP contribution in [0.25, 0.3) is 10.9 Å². The van der Waals surface area contributed by atoms with E-state index in [0.717, 1.165) is 10.9 Å². The summed E-state index contributed by atoms with van der Waals surface area (Å²) in [6.45, 7) is 0. The van der Waals surface area contributed by atoms with Crippen LogP contribution in [-0.2, 0) is 4.79 Å². The van der Waals surface area contributed by atoms with Crippen LogP contribution in [0.1, 0.15) is 23.2 Å². The summed E-state index contributed by atoms with van der Waals surface area (Å²) in [5.41, 5.74) is 1.11. The standard InChI is InChI=1S/C26H20N2O3/c29-24(18-6-2-1-3-7-18)26(15-16-26)25(30)28-19-10-12-20(13-11-19)31-23-14-17-27-22-9-5-4-8-21(22)23/h1-14,17H,15-16H2,(H,28,30). The molecule has 5 rings (SSSR count). The number of nitrogens with one attached hydrogen (secondary N) is 1. The van der Waals surface area contributed by atoms with Gasteiger partial charge in [-0.1, -0.05) is 42.5 Å². The van der Waals surface area contributed by atoms with Crippen molar-refractivity contribution < 1.29 is 14.3 Å². The zero-order valence-electron chi connectivity index (χ0n) is 16.7. The highest BCUT2D eigenvalue weighted by molar-refractivity contribution is 6.19. The molecular formula is C26H20N2O3. The molecule has 1 saturated carbocycles. The molecule has 1 N–H and O–H groups in total. The third-order valence-corrected chi connectivity index (χ3v) is 5.60. The molecule has 1 aliphatic carbocycles. The summed E-state index contributed by atoms with van der Waals surface area (Å²) in [6, 6.07) is 25.7. The number of hydrogen-bond donors (Lipinski definition) is 1. The Morgan fingerprint density at radius 1 is 0.839 bits per heavy atom. The Balaban J connectivity index is 1.29. The minimum Gasteiger partial charge on any atom is -0.457 e. The quantitative estimate of drug-likeness (QED) is 0.332. The lowest BCUT2D eigenvalue weighted by atomic mass is 9.93. The minimum absolute atomic E-state index is 0.116. The predicted molar refractivity (Wildman–Crippen MR) is 119 cm³/mol. The van der Waals surface area contributed by atoms with Crippen LogP contribution >= 0.6 is 0 Å². The maximum absolute atomic E-state index is 12.9. The van der Waals surface area contributed by atoms with Crippen molar-refractivity contribution in [2.75, 3.05) is 5.32 Å². The van der Waals surface area contributed by atoms with Crippen molar-refractivity contribution in [3.63, 3.8) is 0 Å². The molecule has 1 fully saturated rings. The van der Waals surface area contributed by atoms with E-state index in [1.165, 1.54) is 0 Å². The third-order valence-electron chi connectivity index (χ3n) is 5.60. The van der Waals surface area contributed by atoms with E-state index in [1.807, 2.05) is 48.5 Å². The molecule has 31 heavy (non-hydrogen) atoms. The molecular weight excluding hydrogens is 388 g/mol. The number of aromatic nitrogens is 1. The SMILES string of the molecule is O=C(Nc1ccc(Oc2ccnc3ccccc23)cc1)C1(C(=O)c2ccccc2)CC1. The molecule has 0 aliphatic heterocycles. The van der Waals surface area contributed by atoms with E-state index in [1.54, 1.807) is 42.6 Å². The number of nitrogens with zero attached hydrogens (tertiary/aromatic N) is 1. The predicted octanol–water partition coefficient (Wildman–Crippen LogP) is 5.63. The van der Waals surface area contributed by atoms with Gasteiger partial charge in [-0.15, -0.1) is 0 Å². The van der Waals surface area contributed by atoms with E-state index in [2.05, 4.69) is 10.3 Å². The number of amides is 1. The van der Waals surface area contributed by atoms with Crippen molar-refractivity contribution in [2.45, 2.75) is 12.8 Å². The molecule has 1 heterocycles. The topological polar surface area (TPSA) is 68.3 Å². The number of carbonyl (C=O) groups excluding carboxylic acids is 2. The Morgan fingerprint density at radius 3 is 2.29 bits per heavy atom. The lowest BCUT2D eigenvalue weighted by molar-refractivity contribution is -0.119. The molecule has 0 spiro atoms. The number of fused-ring (bicyclic) bond motifs is 1. The van der Waals surface area contributed by atoms with Gasteiger partial charge in [0.2, 0.25) is 5.91 Å². The van der Waals surface area contributed by atoms with Gasteiger partial charge in [0.1, 0.15) is 16.9 Å². The van der Waals surface area contributed by atoms with Crippen LogP contribution in [0.15, 0.2) is 91.1 Å². The Labute approximate surface area is 179 Å². The first-order valence-electron chi connectivity index (χ1n) is 10.2. The highest BCUT2D eigenvalue weighted by Gasteiger charge is 2.56. The maximum atomic E-state index is 12.9. The van der Waals surface area contributed by atoms with Crippen molar-refractivity contribution in [3.8, 4) is 11.5 Å². The van der Waals surface area contributed by atoms with Gasteiger partial charge < -0.3 is 10.1 Å². The van der Waals surface area contributed by atoms with Crippen LogP contribution in [0.2, 0.25) is 0 Å². The lowest BCUT2D eigenvalue weighted by Gasteiger charge is -2.15. The number of hydrogen-bond acceptors (Lipinski definition) is 4. The summed E-state index contributed by atoms with van der Waals surface area (Å²) < 4.78 is 6.02. The Morgan fingerprint density at radius 2 is 1.55 bits per heavy atom. The first-order valence-corrected chi connectivity index (χ1v) is 10.2. The molecule has 3 aromatic carbocycles. The monoisotopic (exact) mass is 408 g/mol. The molecule has 0 bridgehead atoms. The molecule has 4 aromatic rings. The van der Waals surface area contributed by atoms with Gasteiger partial charge in [-0.2, -0.15) is 0 Å². The second-order valence-corrected chi connectivity index (χ2v) is 7.68. The van der Waals surface area contributed by atoms with E-state index in [-0.39, 0.29) is 11.7 Å². The van der Waals surface area contributed by atoms with Gasteiger partial charge in [0.25, 0.3) is 0 Å². The van der Waals surface area contributed by atoms with Crippen LogP contribution in [0.3, 0.4) is 0 Å². The number of para-hydroxylation sites is 1. The molecule has 0 atom stereocenters. The Bertz CT molecular complexity index is 1260. The number of pyridine rings is 1. The van der Waals surface area contributed by atoms with E-state index in [4.69, 9.17) is 4.74 Å². The van der Waals surface area contributed by atoms with Crippen LogP contribution < -0.4 is 10.1 Å². The van der Waals surface area contributed by atoms with Gasteiger partial charge in [-0.3, -0.25) is 14.6 Å². The lowest BCUT2D eigenvalue weighted by Crippen LogP contribution is -2.31. The summed E-state index contributed by atoms with van der Waals surface area (Å²) in [7, 11) is 0. The number of anilines is 1. The summed E-state index contributed by atoms with van der Waals surface area (Å²) in [5.74, 6) is 0.994. The second kappa shape index (κ2) is 7.69. The zero-order valence-corrected chi connectivity index (χ0v) is 16.7. The average molecular weight is 408 g/mol. The van der Waals surface area contributed by atoms with Gasteiger partial charge in [-0.05, 0) is 55.3 Å². The summed E-state index contributed by atoms with van der Waals surface area (Å²) >= 11 is 0. The van der Waals surface area contributed by atoms with Gasteiger partial charge in [0, 0.05) is 22.8 Å². The Hall–Kier alpha value is -3.99.